The van der Waals surface area contributed by atoms with Gasteiger partial charge in [0.05, 0.1) is 10.9 Å². The van der Waals surface area contributed by atoms with Gasteiger partial charge in [0.25, 0.3) is 0 Å². The molecule has 7 heteroatoms. The zero-order chi connectivity index (χ0) is 14.8. The van der Waals surface area contributed by atoms with Crippen LogP contribution in [0, 0.1) is 13.8 Å². The number of likely N-dealkylation sites (N-methyl/N-ethyl adjacent to an activating group) is 1. The summed E-state index contributed by atoms with van der Waals surface area (Å²) in [7, 11) is -2.28. The lowest BCUT2D eigenvalue weighted by atomic mass is 10.1. The molecule has 0 spiro atoms. The standard InChI is InChI=1S/C12H19N3O3S/c1-8-5-6-11(7-9(8)2)19(17,18)15(4)10(3)12(13)14-16/h5-7,10,16H,1-4H3,(H2,13,14). The molecule has 0 radical (unpaired) electrons. The second-order valence-electron chi connectivity index (χ2n) is 4.47. The van der Waals surface area contributed by atoms with Crippen LogP contribution in [0.3, 0.4) is 0 Å². The highest BCUT2D eigenvalue weighted by atomic mass is 32.2. The van der Waals surface area contributed by atoms with Crippen molar-refractivity contribution in [3.8, 4) is 0 Å². The van der Waals surface area contributed by atoms with E-state index in [1.54, 1.807) is 25.1 Å². The zero-order valence-corrected chi connectivity index (χ0v) is 12.3. The fourth-order valence-corrected chi connectivity index (χ4v) is 2.94. The molecule has 3 N–H and O–H groups in total. The van der Waals surface area contributed by atoms with E-state index in [4.69, 9.17) is 10.9 Å². The fourth-order valence-electron chi connectivity index (χ4n) is 1.52. The van der Waals surface area contributed by atoms with E-state index in [0.717, 1.165) is 15.4 Å². The highest BCUT2D eigenvalue weighted by molar-refractivity contribution is 7.89. The topological polar surface area (TPSA) is 96.0 Å². The lowest BCUT2D eigenvalue weighted by Crippen LogP contribution is -2.43. The first kappa shape index (κ1) is 15.5. The first-order chi connectivity index (χ1) is 8.71. The van der Waals surface area contributed by atoms with Crippen LogP contribution in [0.2, 0.25) is 0 Å². The highest BCUT2D eigenvalue weighted by Crippen LogP contribution is 2.19. The minimum atomic E-state index is -3.67. The summed E-state index contributed by atoms with van der Waals surface area (Å²) >= 11 is 0. The largest absolute Gasteiger partial charge is 0.409 e. The molecule has 0 saturated carbocycles. The normalized spacial score (nSPS) is 14.7. The van der Waals surface area contributed by atoms with Crippen LogP contribution in [0.5, 0.6) is 0 Å². The molecular formula is C12H19N3O3S. The van der Waals surface area contributed by atoms with Gasteiger partial charge in [0.2, 0.25) is 10.0 Å². The van der Waals surface area contributed by atoms with E-state index < -0.39 is 16.1 Å². The second-order valence-corrected chi connectivity index (χ2v) is 6.47. The van der Waals surface area contributed by atoms with Crippen LogP contribution in [-0.2, 0) is 10.0 Å². The van der Waals surface area contributed by atoms with Crippen LogP contribution >= 0.6 is 0 Å². The summed E-state index contributed by atoms with van der Waals surface area (Å²) in [5.41, 5.74) is 7.35. The van der Waals surface area contributed by atoms with Gasteiger partial charge in [-0.25, -0.2) is 8.42 Å². The van der Waals surface area contributed by atoms with Crippen molar-refractivity contribution in [1.82, 2.24) is 4.31 Å². The van der Waals surface area contributed by atoms with Crippen LogP contribution in [0.1, 0.15) is 18.1 Å². The SMILES string of the molecule is Cc1ccc(S(=O)(=O)N(C)C(C)C(N)=NO)cc1C. The average molecular weight is 285 g/mol. The molecule has 0 aliphatic carbocycles. The third-order valence-corrected chi connectivity index (χ3v) is 5.17. The third kappa shape index (κ3) is 3.05. The minimum Gasteiger partial charge on any atom is -0.409 e. The predicted molar refractivity (Wildman–Crippen MR) is 73.7 cm³/mol. The summed E-state index contributed by atoms with van der Waals surface area (Å²) < 4.78 is 25.9. The number of nitrogens with zero attached hydrogens (tertiary/aromatic N) is 2. The average Bonchev–Trinajstić information content (AvgIpc) is 2.38. The minimum absolute atomic E-state index is 0.157. The monoisotopic (exact) mass is 285 g/mol. The number of hydrogen-bond donors (Lipinski definition) is 2. The van der Waals surface area contributed by atoms with E-state index in [-0.39, 0.29) is 10.7 Å². The van der Waals surface area contributed by atoms with Crippen LogP contribution < -0.4 is 5.73 Å². The summed E-state index contributed by atoms with van der Waals surface area (Å²) in [5, 5.41) is 11.4. The van der Waals surface area contributed by atoms with E-state index in [2.05, 4.69) is 5.16 Å². The van der Waals surface area contributed by atoms with Gasteiger partial charge in [-0.2, -0.15) is 4.31 Å². The van der Waals surface area contributed by atoms with Crippen molar-refractivity contribution in [1.29, 1.82) is 0 Å². The van der Waals surface area contributed by atoms with Gasteiger partial charge in [0.15, 0.2) is 5.84 Å². The lowest BCUT2D eigenvalue weighted by Gasteiger charge is -2.23. The van der Waals surface area contributed by atoms with E-state index in [1.165, 1.54) is 7.05 Å². The molecule has 0 aliphatic heterocycles. The highest BCUT2D eigenvalue weighted by Gasteiger charge is 2.27. The Hall–Kier alpha value is -1.60. The number of benzene rings is 1. The molecule has 0 heterocycles. The molecule has 0 amide bonds. The molecule has 1 aromatic rings. The maximum atomic E-state index is 12.4. The van der Waals surface area contributed by atoms with Gasteiger partial charge >= 0.3 is 0 Å². The third-order valence-electron chi connectivity index (χ3n) is 3.24. The van der Waals surface area contributed by atoms with Crippen molar-refractivity contribution in [2.24, 2.45) is 10.9 Å². The van der Waals surface area contributed by atoms with Crippen molar-refractivity contribution >= 4 is 15.9 Å². The van der Waals surface area contributed by atoms with Crippen LogP contribution in [-0.4, -0.2) is 36.9 Å². The van der Waals surface area contributed by atoms with Crippen molar-refractivity contribution < 1.29 is 13.6 Å². The predicted octanol–water partition coefficient (Wildman–Crippen LogP) is 1.06. The van der Waals surface area contributed by atoms with E-state index in [9.17, 15) is 8.42 Å². The number of sulfonamides is 1. The summed E-state index contributed by atoms with van der Waals surface area (Å²) in [5.74, 6) is -0.157. The number of hydrogen-bond acceptors (Lipinski definition) is 4. The molecule has 1 atom stereocenters. The van der Waals surface area contributed by atoms with Crippen LogP contribution in [0.25, 0.3) is 0 Å². The van der Waals surface area contributed by atoms with Crippen molar-refractivity contribution in [2.75, 3.05) is 7.05 Å². The first-order valence-electron chi connectivity index (χ1n) is 5.74. The maximum Gasteiger partial charge on any atom is 0.243 e. The van der Waals surface area contributed by atoms with Gasteiger partial charge in [0.1, 0.15) is 0 Å². The Bertz CT molecular complexity index is 596. The van der Waals surface area contributed by atoms with Gasteiger partial charge in [0, 0.05) is 7.05 Å². The van der Waals surface area contributed by atoms with Crippen molar-refractivity contribution in [3.05, 3.63) is 29.3 Å². The lowest BCUT2D eigenvalue weighted by molar-refractivity contribution is 0.311. The Labute approximate surface area is 113 Å². The second kappa shape index (κ2) is 5.58. The van der Waals surface area contributed by atoms with E-state index >= 15 is 0 Å². The van der Waals surface area contributed by atoms with E-state index in [1.807, 2.05) is 13.8 Å². The maximum absolute atomic E-state index is 12.4. The number of aryl methyl sites for hydroxylation is 2. The Morgan fingerprint density at radius 2 is 1.95 bits per heavy atom. The number of oxime groups is 1. The Morgan fingerprint density at radius 3 is 2.42 bits per heavy atom. The van der Waals surface area contributed by atoms with Crippen molar-refractivity contribution in [2.45, 2.75) is 31.7 Å². The first-order valence-corrected chi connectivity index (χ1v) is 7.18. The molecule has 0 saturated heterocycles. The van der Waals surface area contributed by atoms with Crippen molar-refractivity contribution in [3.63, 3.8) is 0 Å². The number of nitrogens with two attached hydrogens (primary N) is 1. The summed E-state index contributed by atoms with van der Waals surface area (Å²) in [6.07, 6.45) is 0. The van der Waals surface area contributed by atoms with E-state index in [0.29, 0.717) is 0 Å². The smallest absolute Gasteiger partial charge is 0.243 e. The molecule has 1 unspecified atom stereocenters. The van der Waals surface area contributed by atoms with Gasteiger partial charge < -0.3 is 10.9 Å². The molecule has 0 bridgehead atoms. The molecule has 6 nitrogen and oxygen atoms in total. The number of amidine groups is 1. The molecule has 19 heavy (non-hydrogen) atoms. The van der Waals surface area contributed by atoms with Gasteiger partial charge in [-0.05, 0) is 44.0 Å². The Balaban J connectivity index is 3.20. The quantitative estimate of drug-likeness (QED) is 0.374. The molecular weight excluding hydrogens is 266 g/mol. The van der Waals surface area contributed by atoms with Crippen LogP contribution in [0.15, 0.2) is 28.3 Å². The number of rotatable bonds is 4. The van der Waals surface area contributed by atoms with Gasteiger partial charge in [-0.3, -0.25) is 0 Å². The molecule has 1 rings (SSSR count). The summed E-state index contributed by atoms with van der Waals surface area (Å²) in [6.45, 7) is 5.31. The Morgan fingerprint density at radius 1 is 1.37 bits per heavy atom. The Kier molecular flexibility index (Phi) is 4.54. The zero-order valence-electron chi connectivity index (χ0n) is 11.5. The van der Waals surface area contributed by atoms with Gasteiger partial charge in [-0.15, -0.1) is 0 Å². The molecule has 1 aromatic carbocycles. The molecule has 0 aromatic heterocycles. The molecule has 106 valence electrons. The van der Waals surface area contributed by atoms with Gasteiger partial charge in [-0.1, -0.05) is 11.2 Å². The molecule has 0 fully saturated rings. The summed E-state index contributed by atoms with van der Waals surface area (Å²) in [6, 6.07) is 4.19. The fraction of sp³-hybridized carbons (Fsp3) is 0.417. The summed E-state index contributed by atoms with van der Waals surface area (Å²) in [4.78, 5) is 0.190. The van der Waals surface area contributed by atoms with Crippen LogP contribution in [0.4, 0.5) is 0 Å². The molecule has 0 aliphatic rings.